The zero-order valence-corrected chi connectivity index (χ0v) is 29.8. The van der Waals surface area contributed by atoms with Crippen LogP contribution in [0.15, 0.2) is 68.3 Å². The molecule has 2 amide bonds. The standard InChI is InChI=1S/C12H18N2O3.C11H16N2O3.C7H10N2O.C4H2N2O/c1-11(2,3)17-10(15)14(4)12(5-6-12)9-7-16-8-13-9;1-10(2,3)16-9(14)13-11(4-5-11)8-6-15-7-12-8;1-8-7(2-3-7)6-4-10-5-9-6;5-1-4-2-7-3-6-4/h7-8H,5-6H2,1-4H3;6-7H,4-5H2,1-3H3,(H,13,14);4-5,8H,2-3H2,1H3;2-3H. The molecular formula is C34H46N8O8. The Kier molecular flexibility index (Phi) is 11.4. The van der Waals surface area contributed by atoms with E-state index in [-0.39, 0.29) is 22.7 Å². The van der Waals surface area contributed by atoms with Gasteiger partial charge in [-0.05, 0) is 87.1 Å². The molecular weight excluding hydrogens is 648 g/mol. The molecule has 3 aliphatic rings. The van der Waals surface area contributed by atoms with Gasteiger partial charge >= 0.3 is 12.2 Å². The van der Waals surface area contributed by atoms with Crippen molar-refractivity contribution in [3.05, 3.63) is 73.4 Å². The minimum absolute atomic E-state index is 0.160. The molecule has 0 bridgehead atoms. The Morgan fingerprint density at radius 3 is 1.54 bits per heavy atom. The van der Waals surface area contributed by atoms with Crippen LogP contribution in [0.4, 0.5) is 9.59 Å². The first-order valence-corrected chi connectivity index (χ1v) is 16.2. The monoisotopic (exact) mass is 694 g/mol. The molecule has 3 fully saturated rings. The molecule has 0 spiro atoms. The molecule has 7 rings (SSSR count). The van der Waals surface area contributed by atoms with Gasteiger partial charge in [-0.2, -0.15) is 5.26 Å². The Labute approximate surface area is 290 Å². The first kappa shape index (κ1) is 37.6. The van der Waals surface area contributed by atoms with Gasteiger partial charge in [-0.3, -0.25) is 4.90 Å². The fourth-order valence-corrected chi connectivity index (χ4v) is 4.82. The van der Waals surface area contributed by atoms with Crippen molar-refractivity contribution >= 4 is 12.2 Å². The van der Waals surface area contributed by atoms with E-state index in [1.54, 1.807) is 36.8 Å². The highest BCUT2D eigenvalue weighted by Gasteiger charge is 2.53. The minimum Gasteiger partial charge on any atom is -0.451 e. The van der Waals surface area contributed by atoms with E-state index in [0.29, 0.717) is 5.69 Å². The molecule has 16 heteroatoms. The summed E-state index contributed by atoms with van der Waals surface area (Å²) in [6.07, 6.45) is 16.8. The van der Waals surface area contributed by atoms with Crippen molar-refractivity contribution in [2.45, 2.75) is 108 Å². The topological polar surface area (TPSA) is 208 Å². The second kappa shape index (κ2) is 15.2. The number of carbonyl (C=O) groups is 2. The summed E-state index contributed by atoms with van der Waals surface area (Å²) in [5.74, 6) is 0. The van der Waals surface area contributed by atoms with Crippen LogP contribution in [0.3, 0.4) is 0 Å². The van der Waals surface area contributed by atoms with Crippen molar-refractivity contribution in [1.29, 1.82) is 5.26 Å². The van der Waals surface area contributed by atoms with E-state index in [0.717, 1.165) is 42.8 Å². The van der Waals surface area contributed by atoms with Gasteiger partial charge in [0.1, 0.15) is 53.7 Å². The van der Waals surface area contributed by atoms with Gasteiger partial charge in [0.25, 0.3) is 0 Å². The fraction of sp³-hybridized carbons (Fsp3) is 0.559. The zero-order chi connectivity index (χ0) is 36.6. The summed E-state index contributed by atoms with van der Waals surface area (Å²) in [5.41, 5.74) is 1.42. The highest BCUT2D eigenvalue weighted by Crippen LogP contribution is 2.50. The molecule has 2 N–H and O–H groups in total. The molecule has 4 aromatic heterocycles. The summed E-state index contributed by atoms with van der Waals surface area (Å²) in [7, 11) is 3.71. The molecule has 0 aromatic carbocycles. The number of ether oxygens (including phenoxy) is 2. The number of hydrogen-bond donors (Lipinski definition) is 2. The van der Waals surface area contributed by atoms with E-state index in [9.17, 15) is 9.59 Å². The number of amides is 2. The lowest BCUT2D eigenvalue weighted by Crippen LogP contribution is -2.41. The Bertz CT molecular complexity index is 1650. The molecule has 4 heterocycles. The lowest BCUT2D eigenvalue weighted by Gasteiger charge is -2.29. The molecule has 270 valence electrons. The number of nitrogens with one attached hydrogen (secondary N) is 2. The highest BCUT2D eigenvalue weighted by molar-refractivity contribution is 5.70. The number of nitriles is 1. The van der Waals surface area contributed by atoms with E-state index in [4.69, 9.17) is 28.0 Å². The smallest absolute Gasteiger partial charge is 0.410 e. The fourth-order valence-electron chi connectivity index (χ4n) is 4.82. The summed E-state index contributed by atoms with van der Waals surface area (Å²) in [6, 6.07) is 1.80. The maximum absolute atomic E-state index is 12.0. The molecule has 0 radical (unpaired) electrons. The molecule has 0 unspecified atom stereocenters. The Balaban J connectivity index is 0.000000157. The van der Waals surface area contributed by atoms with Crippen molar-refractivity contribution in [1.82, 2.24) is 35.5 Å². The van der Waals surface area contributed by atoms with Crippen LogP contribution in [-0.2, 0) is 26.1 Å². The SMILES string of the molecule is CC(C)(C)OC(=O)NC1(c2cocn2)CC1.CN(C(=O)OC(C)(C)C)C1(c2cocn2)CC1.CNC1(c2cocn2)CC1.N#Cc1cocn1. The quantitative estimate of drug-likeness (QED) is 0.232. The zero-order valence-electron chi connectivity index (χ0n) is 29.8. The molecule has 50 heavy (non-hydrogen) atoms. The number of oxazole rings is 4. The predicted octanol–water partition coefficient (Wildman–Crippen LogP) is 6.15. The van der Waals surface area contributed by atoms with Crippen molar-refractivity contribution in [3.63, 3.8) is 0 Å². The summed E-state index contributed by atoms with van der Waals surface area (Å²) >= 11 is 0. The van der Waals surface area contributed by atoms with Crippen molar-refractivity contribution in [3.8, 4) is 6.07 Å². The largest absolute Gasteiger partial charge is 0.451 e. The Morgan fingerprint density at radius 1 is 0.740 bits per heavy atom. The summed E-state index contributed by atoms with van der Waals surface area (Å²) in [4.78, 5) is 41.0. The molecule has 3 saturated carbocycles. The van der Waals surface area contributed by atoms with E-state index >= 15 is 0 Å². The predicted molar refractivity (Wildman–Crippen MR) is 176 cm³/mol. The van der Waals surface area contributed by atoms with Crippen molar-refractivity contribution in [2.75, 3.05) is 14.1 Å². The van der Waals surface area contributed by atoms with Gasteiger partial charge in [-0.1, -0.05) is 0 Å². The van der Waals surface area contributed by atoms with Gasteiger partial charge < -0.3 is 37.8 Å². The van der Waals surface area contributed by atoms with Crippen LogP contribution in [0.25, 0.3) is 0 Å². The second-order valence-corrected chi connectivity index (χ2v) is 14.2. The third-order valence-electron chi connectivity index (χ3n) is 8.05. The first-order valence-electron chi connectivity index (χ1n) is 16.2. The average molecular weight is 695 g/mol. The normalized spacial score (nSPS) is 17.0. The molecule has 0 saturated heterocycles. The Hall–Kier alpha value is -5.17. The highest BCUT2D eigenvalue weighted by atomic mass is 16.6. The number of rotatable bonds is 6. The number of alkyl carbamates (subject to hydrolysis) is 1. The maximum Gasteiger partial charge on any atom is 0.410 e. The number of nitrogens with zero attached hydrogens (tertiary/aromatic N) is 6. The molecule has 4 aromatic rings. The van der Waals surface area contributed by atoms with Gasteiger partial charge in [0.15, 0.2) is 31.3 Å². The van der Waals surface area contributed by atoms with Gasteiger partial charge in [-0.15, -0.1) is 0 Å². The van der Waals surface area contributed by atoms with Gasteiger partial charge in [-0.25, -0.2) is 29.5 Å². The van der Waals surface area contributed by atoms with Gasteiger partial charge in [0.05, 0.1) is 22.3 Å². The summed E-state index contributed by atoms with van der Waals surface area (Å²) in [5, 5.41) is 14.1. The van der Waals surface area contributed by atoms with Crippen LogP contribution < -0.4 is 10.6 Å². The van der Waals surface area contributed by atoms with Crippen molar-refractivity contribution < 1.29 is 36.7 Å². The van der Waals surface area contributed by atoms with Crippen LogP contribution in [0.1, 0.15) is 103 Å². The summed E-state index contributed by atoms with van der Waals surface area (Å²) in [6.45, 7) is 11.1. The van der Waals surface area contributed by atoms with Crippen molar-refractivity contribution in [2.24, 2.45) is 0 Å². The molecule has 3 aliphatic carbocycles. The molecule has 0 aliphatic heterocycles. The maximum atomic E-state index is 12.0. The molecule has 16 nitrogen and oxygen atoms in total. The minimum atomic E-state index is -0.482. The van der Waals surface area contributed by atoms with Gasteiger partial charge in [0.2, 0.25) is 0 Å². The number of hydrogen-bond acceptors (Lipinski definition) is 14. The van der Waals surface area contributed by atoms with E-state index in [1.165, 1.54) is 44.7 Å². The van der Waals surface area contributed by atoms with Crippen LogP contribution in [0.2, 0.25) is 0 Å². The summed E-state index contributed by atoms with van der Waals surface area (Å²) < 4.78 is 29.8. The van der Waals surface area contributed by atoms with Crippen LogP contribution in [0.5, 0.6) is 0 Å². The number of carbonyl (C=O) groups excluding carboxylic acids is 2. The molecule has 0 atom stereocenters. The van der Waals surface area contributed by atoms with Crippen LogP contribution >= 0.6 is 0 Å². The number of aromatic nitrogens is 4. The van der Waals surface area contributed by atoms with E-state index < -0.39 is 17.3 Å². The second-order valence-electron chi connectivity index (χ2n) is 14.2. The Morgan fingerprint density at radius 2 is 1.20 bits per heavy atom. The van der Waals surface area contributed by atoms with E-state index in [2.05, 4.69) is 35.0 Å². The van der Waals surface area contributed by atoms with E-state index in [1.807, 2.05) is 48.6 Å². The van der Waals surface area contributed by atoms with Crippen LogP contribution in [0, 0.1) is 11.3 Å². The lowest BCUT2D eigenvalue weighted by molar-refractivity contribution is 0.0185. The average Bonchev–Trinajstić information content (AvgIpc) is 3.88. The van der Waals surface area contributed by atoms with Crippen LogP contribution in [-0.4, -0.2) is 62.3 Å². The lowest BCUT2D eigenvalue weighted by atomic mass is 10.1. The third-order valence-corrected chi connectivity index (χ3v) is 8.05. The third kappa shape index (κ3) is 10.2. The first-order chi connectivity index (χ1) is 23.6. The van der Waals surface area contributed by atoms with Gasteiger partial charge in [0, 0.05) is 7.05 Å².